The largest absolute Gasteiger partial charge is 0.381 e. The van der Waals surface area contributed by atoms with Crippen molar-refractivity contribution in [3.63, 3.8) is 0 Å². The number of nitrogens with zero attached hydrogens (tertiary/aromatic N) is 1. The first-order valence-electron chi connectivity index (χ1n) is 11.1. The standard InChI is InChI=1S/C27H27F2N3/c1-17-7-11-25(31-18(2)15-30-17)19-8-12-27-23(14-19)22-5-3-4-6-26(22)32(27)16-20-13-21(28)9-10-24(20)29/h3-6,8-14,17-18,30-31H,7,15-16H2,1-2H3/b25-11+. The summed E-state index contributed by atoms with van der Waals surface area (Å²) in [4.78, 5) is 0. The van der Waals surface area contributed by atoms with Gasteiger partial charge in [0.05, 0.1) is 6.54 Å². The fourth-order valence-corrected chi connectivity index (χ4v) is 4.56. The number of benzene rings is 3. The summed E-state index contributed by atoms with van der Waals surface area (Å²) >= 11 is 0. The second-order valence-corrected chi connectivity index (χ2v) is 8.78. The Bertz CT molecular complexity index is 1320. The first-order chi connectivity index (χ1) is 15.5. The van der Waals surface area contributed by atoms with Gasteiger partial charge in [0.1, 0.15) is 11.6 Å². The highest BCUT2D eigenvalue weighted by Crippen LogP contribution is 2.32. The number of aromatic nitrogens is 1. The molecule has 1 aliphatic rings. The van der Waals surface area contributed by atoms with Gasteiger partial charge in [0, 0.05) is 51.7 Å². The van der Waals surface area contributed by atoms with E-state index in [2.05, 4.69) is 59.4 Å². The van der Waals surface area contributed by atoms with Crippen LogP contribution in [0.1, 0.15) is 31.4 Å². The van der Waals surface area contributed by atoms with Gasteiger partial charge in [-0.25, -0.2) is 8.78 Å². The summed E-state index contributed by atoms with van der Waals surface area (Å²) in [7, 11) is 0. The molecule has 3 nitrogen and oxygen atoms in total. The van der Waals surface area contributed by atoms with Crippen LogP contribution in [0.4, 0.5) is 8.78 Å². The molecule has 2 heterocycles. The van der Waals surface area contributed by atoms with Gasteiger partial charge >= 0.3 is 0 Å². The van der Waals surface area contributed by atoms with Crippen molar-refractivity contribution in [1.82, 2.24) is 15.2 Å². The molecule has 2 N–H and O–H groups in total. The molecule has 0 saturated carbocycles. The number of fused-ring (bicyclic) bond motifs is 3. The number of para-hydroxylation sites is 1. The van der Waals surface area contributed by atoms with E-state index in [1.165, 1.54) is 12.1 Å². The van der Waals surface area contributed by atoms with E-state index >= 15 is 0 Å². The summed E-state index contributed by atoms with van der Waals surface area (Å²) < 4.78 is 30.3. The lowest BCUT2D eigenvalue weighted by Crippen LogP contribution is -2.40. The number of nitrogens with one attached hydrogen (secondary N) is 2. The summed E-state index contributed by atoms with van der Waals surface area (Å²) in [5.41, 5.74) is 4.64. The Hall–Kier alpha value is -3.18. The molecular weight excluding hydrogens is 404 g/mol. The average Bonchev–Trinajstić information content (AvgIpc) is 3.09. The minimum Gasteiger partial charge on any atom is -0.381 e. The van der Waals surface area contributed by atoms with Crippen LogP contribution < -0.4 is 10.6 Å². The first kappa shape index (κ1) is 20.7. The van der Waals surface area contributed by atoms with Crippen LogP contribution in [0.25, 0.3) is 27.5 Å². The Kier molecular flexibility index (Phi) is 5.43. The summed E-state index contributed by atoms with van der Waals surface area (Å²) in [6.07, 6.45) is 3.21. The lowest BCUT2D eigenvalue weighted by molar-refractivity contribution is 0.487. The maximum absolute atomic E-state index is 14.4. The summed E-state index contributed by atoms with van der Waals surface area (Å²) in [5, 5.41) is 9.37. The van der Waals surface area contributed by atoms with Gasteiger partial charge in [-0.3, -0.25) is 0 Å². The summed E-state index contributed by atoms with van der Waals surface area (Å²) in [5.74, 6) is -0.820. The van der Waals surface area contributed by atoms with E-state index < -0.39 is 11.6 Å². The van der Waals surface area contributed by atoms with E-state index in [1.807, 2.05) is 18.2 Å². The van der Waals surface area contributed by atoms with E-state index in [4.69, 9.17) is 0 Å². The van der Waals surface area contributed by atoms with Crippen molar-refractivity contribution in [2.45, 2.75) is 38.9 Å². The molecule has 0 radical (unpaired) electrons. The number of halogens is 2. The molecule has 2 unspecified atom stereocenters. The third kappa shape index (κ3) is 3.89. The third-order valence-corrected chi connectivity index (χ3v) is 6.27. The van der Waals surface area contributed by atoms with Crippen LogP contribution in [-0.4, -0.2) is 23.2 Å². The second-order valence-electron chi connectivity index (χ2n) is 8.78. The molecule has 1 aliphatic heterocycles. The van der Waals surface area contributed by atoms with Crippen LogP contribution in [0, 0.1) is 11.6 Å². The van der Waals surface area contributed by atoms with Gasteiger partial charge in [0.2, 0.25) is 0 Å². The Morgan fingerprint density at radius 1 is 0.906 bits per heavy atom. The van der Waals surface area contributed by atoms with E-state index in [0.717, 1.165) is 52.1 Å². The molecule has 2 atom stereocenters. The lowest BCUT2D eigenvalue weighted by Gasteiger charge is -2.24. The predicted molar refractivity (Wildman–Crippen MR) is 128 cm³/mol. The maximum atomic E-state index is 14.4. The van der Waals surface area contributed by atoms with Gasteiger partial charge in [0.15, 0.2) is 0 Å². The van der Waals surface area contributed by atoms with Crippen molar-refractivity contribution in [3.8, 4) is 0 Å². The minimum absolute atomic E-state index is 0.272. The normalized spacial score (nSPS) is 21.1. The summed E-state index contributed by atoms with van der Waals surface area (Å²) in [6, 6.07) is 18.9. The third-order valence-electron chi connectivity index (χ3n) is 6.27. The van der Waals surface area contributed by atoms with Crippen molar-refractivity contribution < 1.29 is 8.78 Å². The molecule has 5 rings (SSSR count). The molecule has 0 bridgehead atoms. The van der Waals surface area contributed by atoms with Crippen LogP contribution in [0.15, 0.2) is 66.7 Å². The topological polar surface area (TPSA) is 29.0 Å². The molecule has 3 aromatic carbocycles. The number of hydrogen-bond acceptors (Lipinski definition) is 2. The zero-order valence-electron chi connectivity index (χ0n) is 18.3. The predicted octanol–water partition coefficient (Wildman–Crippen LogP) is 5.82. The highest BCUT2D eigenvalue weighted by Gasteiger charge is 2.16. The smallest absolute Gasteiger partial charge is 0.128 e. The quantitative estimate of drug-likeness (QED) is 0.428. The minimum atomic E-state index is -0.426. The van der Waals surface area contributed by atoms with Gasteiger partial charge in [-0.15, -0.1) is 0 Å². The maximum Gasteiger partial charge on any atom is 0.128 e. The van der Waals surface area contributed by atoms with E-state index in [0.29, 0.717) is 17.6 Å². The highest BCUT2D eigenvalue weighted by atomic mass is 19.1. The lowest BCUT2D eigenvalue weighted by atomic mass is 10.0. The van der Waals surface area contributed by atoms with Crippen molar-refractivity contribution in [3.05, 3.63) is 89.5 Å². The van der Waals surface area contributed by atoms with Crippen LogP contribution >= 0.6 is 0 Å². The number of hydrogen-bond donors (Lipinski definition) is 2. The number of rotatable bonds is 3. The molecule has 0 fully saturated rings. The van der Waals surface area contributed by atoms with Gasteiger partial charge in [0.25, 0.3) is 0 Å². The zero-order chi connectivity index (χ0) is 22.2. The molecule has 5 heteroatoms. The van der Waals surface area contributed by atoms with Crippen molar-refractivity contribution in [2.75, 3.05) is 6.54 Å². The van der Waals surface area contributed by atoms with Crippen LogP contribution in [0.2, 0.25) is 0 Å². The van der Waals surface area contributed by atoms with Crippen molar-refractivity contribution in [1.29, 1.82) is 0 Å². The van der Waals surface area contributed by atoms with Crippen molar-refractivity contribution >= 4 is 27.5 Å². The van der Waals surface area contributed by atoms with Gasteiger partial charge in [-0.05, 0) is 62.2 Å². The zero-order valence-corrected chi connectivity index (χ0v) is 18.3. The molecular formula is C27H27F2N3. The average molecular weight is 432 g/mol. The van der Waals surface area contributed by atoms with Crippen molar-refractivity contribution in [2.24, 2.45) is 0 Å². The Morgan fingerprint density at radius 2 is 1.72 bits per heavy atom. The molecule has 1 aromatic heterocycles. The Labute approximate surface area is 186 Å². The van der Waals surface area contributed by atoms with Crippen LogP contribution in [0.5, 0.6) is 0 Å². The Balaban J connectivity index is 1.63. The summed E-state index contributed by atoms with van der Waals surface area (Å²) in [6.45, 7) is 5.57. The fourth-order valence-electron chi connectivity index (χ4n) is 4.56. The second kappa shape index (κ2) is 8.40. The molecule has 0 amide bonds. The van der Waals surface area contributed by atoms with E-state index in [1.54, 1.807) is 0 Å². The molecule has 0 saturated heterocycles. The van der Waals surface area contributed by atoms with E-state index in [-0.39, 0.29) is 6.54 Å². The SMILES string of the molecule is CC1C/C=C(\c2ccc3c(c2)c2ccccc2n3Cc2cc(F)ccc2F)NC(C)CN1. The molecule has 4 aromatic rings. The Morgan fingerprint density at radius 3 is 2.59 bits per heavy atom. The molecule has 32 heavy (non-hydrogen) atoms. The molecule has 0 aliphatic carbocycles. The van der Waals surface area contributed by atoms with Crippen LogP contribution in [0.3, 0.4) is 0 Å². The van der Waals surface area contributed by atoms with Crippen LogP contribution in [-0.2, 0) is 6.54 Å². The van der Waals surface area contributed by atoms with Gasteiger partial charge in [-0.2, -0.15) is 0 Å². The van der Waals surface area contributed by atoms with Gasteiger partial charge in [-0.1, -0.05) is 30.3 Å². The molecule has 164 valence electrons. The highest BCUT2D eigenvalue weighted by molar-refractivity contribution is 6.09. The molecule has 0 spiro atoms. The van der Waals surface area contributed by atoms with Gasteiger partial charge < -0.3 is 15.2 Å². The fraction of sp³-hybridized carbons (Fsp3) is 0.259. The van der Waals surface area contributed by atoms with E-state index in [9.17, 15) is 8.78 Å². The monoisotopic (exact) mass is 431 g/mol. The first-order valence-corrected chi connectivity index (χ1v) is 11.1.